The summed E-state index contributed by atoms with van der Waals surface area (Å²) < 4.78 is 18.7. The average molecular weight is 299 g/mol. The molecular weight excluding hydrogens is 281 g/mol. The zero-order valence-electron chi connectivity index (χ0n) is 12.6. The zero-order chi connectivity index (χ0) is 15.9. The molecule has 114 valence electrons. The first kappa shape index (κ1) is 15.8. The quantitative estimate of drug-likeness (QED) is 0.637. The Morgan fingerprint density at radius 1 is 1.23 bits per heavy atom. The molecule has 2 rings (SSSR count). The minimum Gasteiger partial charge on any atom is -0.494 e. The fourth-order valence-electron chi connectivity index (χ4n) is 1.95. The van der Waals surface area contributed by atoms with Crippen molar-refractivity contribution in [1.82, 2.24) is 0 Å². The molecule has 0 heterocycles. The van der Waals surface area contributed by atoms with Gasteiger partial charge >= 0.3 is 0 Å². The topological polar surface area (TPSA) is 38.3 Å². The molecule has 2 aromatic carbocycles. The lowest BCUT2D eigenvalue weighted by Gasteiger charge is -2.05. The monoisotopic (exact) mass is 299 g/mol. The van der Waals surface area contributed by atoms with Gasteiger partial charge in [-0.05, 0) is 50.2 Å². The lowest BCUT2D eigenvalue weighted by molar-refractivity contribution is 0.104. The normalized spacial score (nSPS) is 10.7. The highest BCUT2D eigenvalue weighted by molar-refractivity contribution is 6.04. The van der Waals surface area contributed by atoms with Crippen molar-refractivity contribution < 1.29 is 13.9 Å². The summed E-state index contributed by atoms with van der Waals surface area (Å²) in [5, 5.41) is 2.92. The fourth-order valence-corrected chi connectivity index (χ4v) is 1.95. The number of anilines is 1. The number of ether oxygens (including phenoxy) is 1. The molecule has 0 amide bonds. The predicted molar refractivity (Wildman–Crippen MR) is 85.8 cm³/mol. The zero-order valence-corrected chi connectivity index (χ0v) is 12.6. The summed E-state index contributed by atoms with van der Waals surface area (Å²) in [7, 11) is 0. The van der Waals surface area contributed by atoms with Crippen LogP contribution in [0.2, 0.25) is 0 Å². The number of ketones is 1. The van der Waals surface area contributed by atoms with Crippen molar-refractivity contribution in [3.63, 3.8) is 0 Å². The number of hydrogen-bond donors (Lipinski definition) is 1. The maximum Gasteiger partial charge on any atom is 0.187 e. The number of rotatable bonds is 6. The van der Waals surface area contributed by atoms with Gasteiger partial charge in [-0.25, -0.2) is 4.39 Å². The van der Waals surface area contributed by atoms with Crippen LogP contribution in [0.3, 0.4) is 0 Å². The highest BCUT2D eigenvalue weighted by Gasteiger charge is 2.03. The van der Waals surface area contributed by atoms with Crippen molar-refractivity contribution in [3.8, 4) is 5.75 Å². The van der Waals surface area contributed by atoms with Gasteiger partial charge in [-0.1, -0.05) is 6.07 Å². The number of carbonyl (C=O) groups excluding carboxylic acids is 1. The predicted octanol–water partition coefficient (Wildman–Crippen LogP) is 4.34. The lowest BCUT2D eigenvalue weighted by Crippen LogP contribution is -1.98. The summed E-state index contributed by atoms with van der Waals surface area (Å²) in [5.74, 6) is 0.317. The average Bonchev–Trinajstić information content (AvgIpc) is 2.52. The standard InChI is InChI=1S/C18H18FNO2/c1-3-22-15-9-7-14(8-10-15)18(21)11-12-20-17-6-4-5-16(19)13(17)2/h4-12,20H,3H2,1-2H3. The van der Waals surface area contributed by atoms with Gasteiger partial charge in [0, 0.05) is 29.1 Å². The summed E-state index contributed by atoms with van der Waals surface area (Å²) >= 11 is 0. The Kier molecular flexibility index (Phi) is 5.31. The van der Waals surface area contributed by atoms with Crippen LogP contribution in [0.5, 0.6) is 5.75 Å². The minimum absolute atomic E-state index is 0.135. The lowest BCUT2D eigenvalue weighted by atomic mass is 10.1. The van der Waals surface area contributed by atoms with Crippen molar-refractivity contribution in [2.24, 2.45) is 0 Å². The second kappa shape index (κ2) is 7.41. The fraction of sp³-hybridized carbons (Fsp3) is 0.167. The first-order valence-electron chi connectivity index (χ1n) is 7.07. The molecule has 0 bridgehead atoms. The minimum atomic E-state index is -0.281. The summed E-state index contributed by atoms with van der Waals surface area (Å²) in [6.45, 7) is 4.17. The van der Waals surface area contributed by atoms with E-state index in [0.29, 0.717) is 23.4 Å². The Bertz CT molecular complexity index is 678. The second-order valence-corrected chi connectivity index (χ2v) is 4.71. The van der Waals surface area contributed by atoms with Crippen LogP contribution < -0.4 is 10.1 Å². The smallest absolute Gasteiger partial charge is 0.187 e. The molecule has 2 aromatic rings. The van der Waals surface area contributed by atoms with E-state index in [2.05, 4.69) is 5.32 Å². The Labute approximate surface area is 129 Å². The van der Waals surface area contributed by atoms with Gasteiger partial charge in [0.2, 0.25) is 0 Å². The molecular formula is C18H18FNO2. The highest BCUT2D eigenvalue weighted by Crippen LogP contribution is 2.17. The van der Waals surface area contributed by atoms with E-state index in [9.17, 15) is 9.18 Å². The van der Waals surface area contributed by atoms with Crippen LogP contribution in [0.1, 0.15) is 22.8 Å². The van der Waals surface area contributed by atoms with E-state index in [1.807, 2.05) is 6.92 Å². The third-order valence-corrected chi connectivity index (χ3v) is 3.19. The molecule has 0 saturated heterocycles. The summed E-state index contributed by atoms with van der Waals surface area (Å²) in [6.07, 6.45) is 2.93. The van der Waals surface area contributed by atoms with E-state index in [1.54, 1.807) is 43.3 Å². The number of allylic oxidation sites excluding steroid dienone is 1. The maximum atomic E-state index is 13.4. The van der Waals surface area contributed by atoms with Crippen molar-refractivity contribution in [2.45, 2.75) is 13.8 Å². The number of nitrogens with one attached hydrogen (secondary N) is 1. The number of carbonyl (C=O) groups is 1. The molecule has 0 radical (unpaired) electrons. The van der Waals surface area contributed by atoms with Gasteiger partial charge in [-0.2, -0.15) is 0 Å². The first-order valence-corrected chi connectivity index (χ1v) is 7.07. The summed E-state index contributed by atoms with van der Waals surface area (Å²) in [5.41, 5.74) is 1.72. The molecule has 0 saturated carbocycles. The van der Waals surface area contributed by atoms with E-state index < -0.39 is 0 Å². The van der Waals surface area contributed by atoms with Gasteiger partial charge in [-0.3, -0.25) is 4.79 Å². The molecule has 4 heteroatoms. The van der Waals surface area contributed by atoms with Crippen LogP contribution in [0.25, 0.3) is 0 Å². The van der Waals surface area contributed by atoms with Crippen LogP contribution in [-0.4, -0.2) is 12.4 Å². The van der Waals surface area contributed by atoms with Crippen molar-refractivity contribution in [1.29, 1.82) is 0 Å². The second-order valence-electron chi connectivity index (χ2n) is 4.71. The van der Waals surface area contributed by atoms with Crippen LogP contribution in [-0.2, 0) is 0 Å². The molecule has 1 N–H and O–H groups in total. The van der Waals surface area contributed by atoms with E-state index in [1.165, 1.54) is 18.3 Å². The van der Waals surface area contributed by atoms with Gasteiger partial charge < -0.3 is 10.1 Å². The molecule has 0 unspecified atom stereocenters. The van der Waals surface area contributed by atoms with Crippen molar-refractivity contribution in [2.75, 3.05) is 11.9 Å². The van der Waals surface area contributed by atoms with Gasteiger partial charge in [-0.15, -0.1) is 0 Å². The van der Waals surface area contributed by atoms with Crippen molar-refractivity contribution >= 4 is 11.5 Å². The SMILES string of the molecule is CCOc1ccc(C(=O)C=CNc2cccc(F)c2C)cc1. The van der Waals surface area contributed by atoms with Gasteiger partial charge in [0.15, 0.2) is 5.78 Å². The van der Waals surface area contributed by atoms with E-state index >= 15 is 0 Å². The summed E-state index contributed by atoms with van der Waals surface area (Å²) in [6, 6.07) is 11.7. The Morgan fingerprint density at radius 3 is 2.64 bits per heavy atom. The maximum absolute atomic E-state index is 13.4. The van der Waals surface area contributed by atoms with E-state index in [-0.39, 0.29) is 11.6 Å². The molecule has 0 aliphatic rings. The number of halogens is 1. The molecule has 22 heavy (non-hydrogen) atoms. The molecule has 0 aliphatic heterocycles. The molecule has 0 fully saturated rings. The summed E-state index contributed by atoms with van der Waals surface area (Å²) in [4.78, 5) is 12.0. The van der Waals surface area contributed by atoms with E-state index in [0.717, 1.165) is 5.75 Å². The van der Waals surface area contributed by atoms with Gasteiger partial charge in [0.05, 0.1) is 6.61 Å². The molecule has 0 aliphatic carbocycles. The van der Waals surface area contributed by atoms with E-state index in [4.69, 9.17) is 4.74 Å². The molecule has 0 aromatic heterocycles. The third-order valence-electron chi connectivity index (χ3n) is 3.19. The number of hydrogen-bond acceptors (Lipinski definition) is 3. The molecule has 3 nitrogen and oxygen atoms in total. The Balaban J connectivity index is 2.00. The molecule has 0 spiro atoms. The Hall–Kier alpha value is -2.62. The highest BCUT2D eigenvalue weighted by atomic mass is 19.1. The first-order chi connectivity index (χ1) is 10.6. The van der Waals surface area contributed by atoms with Crippen LogP contribution in [0, 0.1) is 12.7 Å². The van der Waals surface area contributed by atoms with Gasteiger partial charge in [0.1, 0.15) is 11.6 Å². The number of benzene rings is 2. The van der Waals surface area contributed by atoms with Crippen LogP contribution in [0.15, 0.2) is 54.7 Å². The Morgan fingerprint density at radius 2 is 1.95 bits per heavy atom. The van der Waals surface area contributed by atoms with Crippen LogP contribution in [0.4, 0.5) is 10.1 Å². The van der Waals surface area contributed by atoms with Crippen LogP contribution >= 0.6 is 0 Å². The third kappa shape index (κ3) is 3.95. The van der Waals surface area contributed by atoms with Gasteiger partial charge in [0.25, 0.3) is 0 Å². The largest absolute Gasteiger partial charge is 0.494 e. The van der Waals surface area contributed by atoms with Crippen molar-refractivity contribution in [3.05, 3.63) is 71.7 Å². The molecule has 0 atom stereocenters.